The molecule has 2 aliphatic heterocycles. The van der Waals surface area contributed by atoms with E-state index in [1.165, 1.54) is 11.1 Å². The van der Waals surface area contributed by atoms with E-state index in [-0.39, 0.29) is 18.0 Å². The number of aryl methyl sites for hydroxylation is 1. The van der Waals surface area contributed by atoms with E-state index < -0.39 is 0 Å². The van der Waals surface area contributed by atoms with Crippen molar-refractivity contribution < 1.29 is 4.79 Å². The highest BCUT2D eigenvalue weighted by Crippen LogP contribution is 2.38. The van der Waals surface area contributed by atoms with E-state index in [4.69, 9.17) is 0 Å². The summed E-state index contributed by atoms with van der Waals surface area (Å²) in [7, 11) is 0. The van der Waals surface area contributed by atoms with Crippen LogP contribution in [0.1, 0.15) is 42.9 Å². The number of rotatable bonds is 0. The molecule has 0 N–H and O–H groups in total. The van der Waals surface area contributed by atoms with Crippen molar-refractivity contribution >= 4 is 5.91 Å². The van der Waals surface area contributed by atoms with E-state index in [0.717, 1.165) is 25.7 Å². The number of carbonyl (C=O) groups excluding carboxylic acids is 1. The number of nitrogens with zero attached hydrogens (tertiary/aromatic N) is 2. The van der Waals surface area contributed by atoms with E-state index in [0.29, 0.717) is 6.42 Å². The number of piperidine rings is 1. The molecule has 1 amide bonds. The summed E-state index contributed by atoms with van der Waals surface area (Å²) in [5.41, 5.74) is 2.53. The third-order valence-electron chi connectivity index (χ3n) is 4.09. The van der Waals surface area contributed by atoms with Crippen LogP contribution < -0.4 is 0 Å². The second-order valence-corrected chi connectivity index (χ2v) is 5.09. The predicted octanol–water partition coefficient (Wildman–Crippen LogP) is 2.58. The Morgan fingerprint density at radius 3 is 2.89 bits per heavy atom. The molecule has 0 saturated carbocycles. The molecule has 3 rings (SSSR count). The van der Waals surface area contributed by atoms with E-state index in [9.17, 15) is 10.1 Å². The van der Waals surface area contributed by atoms with Gasteiger partial charge in [-0.1, -0.05) is 24.3 Å². The van der Waals surface area contributed by atoms with Crippen molar-refractivity contribution in [3.05, 3.63) is 35.4 Å². The van der Waals surface area contributed by atoms with Crippen LogP contribution in [-0.4, -0.2) is 16.8 Å². The number of amides is 1. The van der Waals surface area contributed by atoms with Gasteiger partial charge in [0.15, 0.2) is 0 Å². The van der Waals surface area contributed by atoms with Crippen molar-refractivity contribution in [3.8, 4) is 6.07 Å². The fourth-order valence-corrected chi connectivity index (χ4v) is 3.24. The van der Waals surface area contributed by atoms with Gasteiger partial charge in [0.05, 0.1) is 12.1 Å². The molecule has 2 heterocycles. The quantitative estimate of drug-likeness (QED) is 0.699. The van der Waals surface area contributed by atoms with Crippen molar-refractivity contribution in [1.29, 1.82) is 5.26 Å². The molecule has 1 fully saturated rings. The first-order valence-electron chi connectivity index (χ1n) is 6.60. The van der Waals surface area contributed by atoms with Crippen LogP contribution in [0.4, 0.5) is 0 Å². The van der Waals surface area contributed by atoms with Crippen LogP contribution in [0.2, 0.25) is 0 Å². The van der Waals surface area contributed by atoms with Crippen molar-refractivity contribution in [1.82, 2.24) is 4.90 Å². The molecule has 0 aromatic heterocycles. The number of hydrogen-bond donors (Lipinski definition) is 0. The van der Waals surface area contributed by atoms with Crippen LogP contribution in [0.25, 0.3) is 0 Å². The minimum atomic E-state index is -0.234. The summed E-state index contributed by atoms with van der Waals surface area (Å²) in [6, 6.07) is 10.5. The monoisotopic (exact) mass is 240 g/mol. The topological polar surface area (TPSA) is 44.1 Å². The maximum atomic E-state index is 12.3. The predicted molar refractivity (Wildman–Crippen MR) is 67.6 cm³/mol. The second-order valence-electron chi connectivity index (χ2n) is 5.09. The Morgan fingerprint density at radius 1 is 1.22 bits per heavy atom. The zero-order valence-corrected chi connectivity index (χ0v) is 10.3. The average molecular weight is 240 g/mol. The van der Waals surface area contributed by atoms with Gasteiger partial charge >= 0.3 is 0 Å². The molecular weight excluding hydrogens is 224 g/mol. The molecule has 1 aromatic carbocycles. The molecule has 2 aliphatic rings. The summed E-state index contributed by atoms with van der Waals surface area (Å²) in [4.78, 5) is 14.1. The number of nitriles is 1. The summed E-state index contributed by atoms with van der Waals surface area (Å²) in [5, 5.41) is 9.24. The average Bonchev–Trinajstić information content (AvgIpc) is 2.57. The second kappa shape index (κ2) is 4.45. The Bertz CT molecular complexity index is 517. The summed E-state index contributed by atoms with van der Waals surface area (Å²) in [5.74, 6) is 0.141. The number of benzene rings is 1. The normalized spacial score (nSPS) is 26.8. The lowest BCUT2D eigenvalue weighted by molar-refractivity contribution is -0.136. The molecular formula is C15H16N2O. The molecule has 0 radical (unpaired) electrons. The highest BCUT2D eigenvalue weighted by molar-refractivity contribution is 5.79. The van der Waals surface area contributed by atoms with Gasteiger partial charge in [-0.05, 0) is 36.8 Å². The number of hydrogen-bond acceptors (Lipinski definition) is 2. The number of fused-ring (bicyclic) bond motifs is 3. The van der Waals surface area contributed by atoms with Gasteiger partial charge in [0, 0.05) is 6.42 Å². The first-order chi connectivity index (χ1) is 8.81. The third-order valence-corrected chi connectivity index (χ3v) is 4.09. The van der Waals surface area contributed by atoms with Gasteiger partial charge in [-0.25, -0.2) is 0 Å². The third kappa shape index (κ3) is 1.69. The van der Waals surface area contributed by atoms with Gasteiger partial charge in [-0.2, -0.15) is 5.26 Å². The molecule has 2 unspecified atom stereocenters. The van der Waals surface area contributed by atoms with Gasteiger partial charge in [-0.15, -0.1) is 0 Å². The van der Waals surface area contributed by atoms with E-state index >= 15 is 0 Å². The van der Waals surface area contributed by atoms with E-state index in [2.05, 4.69) is 18.2 Å². The van der Waals surface area contributed by atoms with Gasteiger partial charge in [0.1, 0.15) is 6.04 Å². The summed E-state index contributed by atoms with van der Waals surface area (Å²) in [6.07, 6.45) is 4.18. The van der Waals surface area contributed by atoms with Gasteiger partial charge in [-0.3, -0.25) is 4.79 Å². The number of carbonyl (C=O) groups is 1. The minimum Gasteiger partial charge on any atom is -0.320 e. The Labute approximate surface area is 107 Å². The van der Waals surface area contributed by atoms with Crippen molar-refractivity contribution in [2.24, 2.45) is 0 Å². The first kappa shape index (κ1) is 11.3. The first-order valence-corrected chi connectivity index (χ1v) is 6.60. The van der Waals surface area contributed by atoms with Gasteiger partial charge < -0.3 is 4.90 Å². The van der Waals surface area contributed by atoms with Crippen LogP contribution in [0.15, 0.2) is 24.3 Å². The maximum absolute atomic E-state index is 12.3. The Hall–Kier alpha value is -1.82. The summed E-state index contributed by atoms with van der Waals surface area (Å²) < 4.78 is 0. The van der Waals surface area contributed by atoms with Crippen LogP contribution in [-0.2, 0) is 11.2 Å². The molecule has 0 aliphatic carbocycles. The standard InChI is InChI=1S/C15H16N2O/c16-10-12-5-3-7-14-13-6-2-1-4-11(13)8-9-15(18)17(12)14/h1-2,4,6,12,14H,3,5,7-9H2. The molecule has 0 bridgehead atoms. The highest BCUT2D eigenvalue weighted by atomic mass is 16.2. The lowest BCUT2D eigenvalue weighted by atomic mass is 9.90. The zero-order chi connectivity index (χ0) is 12.5. The lowest BCUT2D eigenvalue weighted by Crippen LogP contribution is -2.44. The van der Waals surface area contributed by atoms with Crippen LogP contribution in [0.3, 0.4) is 0 Å². The highest BCUT2D eigenvalue weighted by Gasteiger charge is 2.37. The van der Waals surface area contributed by atoms with Crippen molar-refractivity contribution in [2.75, 3.05) is 0 Å². The van der Waals surface area contributed by atoms with Crippen molar-refractivity contribution in [3.63, 3.8) is 0 Å². The molecule has 0 spiro atoms. The molecule has 18 heavy (non-hydrogen) atoms. The SMILES string of the molecule is N#CC1CCCC2c3ccccc3CCC(=O)N12. The van der Waals surface area contributed by atoms with Crippen molar-refractivity contribution in [2.45, 2.75) is 44.2 Å². The summed E-state index contributed by atoms with van der Waals surface area (Å²) >= 11 is 0. The van der Waals surface area contributed by atoms with E-state index in [1.54, 1.807) is 0 Å². The minimum absolute atomic E-state index is 0.120. The molecule has 2 atom stereocenters. The zero-order valence-electron chi connectivity index (χ0n) is 10.3. The molecule has 1 aromatic rings. The summed E-state index contributed by atoms with van der Waals surface area (Å²) in [6.45, 7) is 0. The molecule has 3 nitrogen and oxygen atoms in total. The van der Waals surface area contributed by atoms with Crippen LogP contribution in [0.5, 0.6) is 0 Å². The fourth-order valence-electron chi connectivity index (χ4n) is 3.24. The fraction of sp³-hybridized carbons (Fsp3) is 0.467. The van der Waals surface area contributed by atoms with Crippen LogP contribution in [0, 0.1) is 11.3 Å². The molecule has 92 valence electrons. The van der Waals surface area contributed by atoms with Crippen LogP contribution >= 0.6 is 0 Å². The molecule has 3 heteroatoms. The van der Waals surface area contributed by atoms with Gasteiger partial charge in [0.2, 0.25) is 5.91 Å². The Morgan fingerprint density at radius 2 is 2.06 bits per heavy atom. The maximum Gasteiger partial charge on any atom is 0.224 e. The largest absolute Gasteiger partial charge is 0.320 e. The van der Waals surface area contributed by atoms with E-state index in [1.807, 2.05) is 17.0 Å². The Balaban J connectivity index is 2.07. The smallest absolute Gasteiger partial charge is 0.224 e. The van der Waals surface area contributed by atoms with Gasteiger partial charge in [0.25, 0.3) is 0 Å². The Kier molecular flexibility index (Phi) is 2.79. The molecule has 1 saturated heterocycles. The lowest BCUT2D eigenvalue weighted by Gasteiger charge is -2.38.